The van der Waals surface area contributed by atoms with Gasteiger partial charge in [0.1, 0.15) is 11.3 Å². The third-order valence-corrected chi connectivity index (χ3v) is 8.18. The molecule has 0 aliphatic heterocycles. The third-order valence-electron chi connectivity index (χ3n) is 8.18. The zero-order chi connectivity index (χ0) is 26.2. The molecule has 40 heavy (non-hydrogen) atoms. The summed E-state index contributed by atoms with van der Waals surface area (Å²) < 4.78 is 4.60. The standard InChI is InChI=1S/C36H22N4/c1-3-16-29-25(12-1)27-14-5-7-18-31(27)39-33(21-37-35(29)39)23-10-9-11-24(20-23)34-22-38-36-30-17-4-2-13-26(30)28-15-6-8-19-32(28)40(34)36/h1-22H. The van der Waals surface area contributed by atoms with Crippen molar-refractivity contribution >= 4 is 54.6 Å². The number of imidazole rings is 2. The average molecular weight is 511 g/mol. The number of hydrogen-bond acceptors (Lipinski definition) is 2. The number of rotatable bonds is 2. The molecule has 0 fully saturated rings. The van der Waals surface area contributed by atoms with Gasteiger partial charge in [-0.05, 0) is 29.0 Å². The summed E-state index contributed by atoms with van der Waals surface area (Å²) in [4.78, 5) is 9.87. The summed E-state index contributed by atoms with van der Waals surface area (Å²) in [7, 11) is 0. The highest BCUT2D eigenvalue weighted by molar-refractivity contribution is 6.13. The Hall–Kier alpha value is -5.48. The summed E-state index contributed by atoms with van der Waals surface area (Å²) in [5, 5.41) is 7.21. The highest BCUT2D eigenvalue weighted by atomic mass is 15.0. The van der Waals surface area contributed by atoms with Crippen molar-refractivity contribution in [1.82, 2.24) is 18.8 Å². The number of hydrogen-bond donors (Lipinski definition) is 0. The van der Waals surface area contributed by atoms with E-state index < -0.39 is 0 Å². The van der Waals surface area contributed by atoms with Crippen molar-refractivity contribution in [3.8, 4) is 22.5 Å². The SMILES string of the molecule is c1cc(-c2cnc3c4ccccc4c4ccccc4n23)cc(-c2cnc3c4ccccc4c4ccccc4n23)c1. The number of pyridine rings is 2. The first-order chi connectivity index (χ1) is 19.9. The summed E-state index contributed by atoms with van der Waals surface area (Å²) in [6, 6.07) is 43.0. The van der Waals surface area contributed by atoms with Crippen molar-refractivity contribution in [3.05, 3.63) is 134 Å². The van der Waals surface area contributed by atoms with Gasteiger partial charge in [-0.3, -0.25) is 8.80 Å². The largest absolute Gasteiger partial charge is 0.292 e. The fourth-order valence-corrected chi connectivity index (χ4v) is 6.44. The van der Waals surface area contributed by atoms with E-state index >= 15 is 0 Å². The second-order valence-corrected chi connectivity index (χ2v) is 10.3. The normalized spacial score (nSPS) is 12.0. The lowest BCUT2D eigenvalue weighted by Crippen LogP contribution is -1.95. The summed E-state index contributed by atoms with van der Waals surface area (Å²) in [5.41, 5.74) is 8.63. The van der Waals surface area contributed by atoms with Gasteiger partial charge in [-0.25, -0.2) is 9.97 Å². The summed E-state index contributed by atoms with van der Waals surface area (Å²) in [5.74, 6) is 0. The van der Waals surface area contributed by atoms with Crippen molar-refractivity contribution < 1.29 is 0 Å². The van der Waals surface area contributed by atoms with E-state index in [0.29, 0.717) is 0 Å². The first-order valence-corrected chi connectivity index (χ1v) is 13.5. The molecular weight excluding hydrogens is 488 g/mol. The molecule has 0 saturated heterocycles. The van der Waals surface area contributed by atoms with E-state index in [1.807, 2.05) is 12.4 Å². The zero-order valence-corrected chi connectivity index (χ0v) is 21.5. The molecule has 0 radical (unpaired) electrons. The predicted octanol–water partition coefficient (Wildman–Crippen LogP) is 8.93. The van der Waals surface area contributed by atoms with Gasteiger partial charge in [0.15, 0.2) is 0 Å². The number of nitrogens with zero attached hydrogens (tertiary/aromatic N) is 4. The van der Waals surface area contributed by atoms with Crippen LogP contribution in [0.3, 0.4) is 0 Å². The van der Waals surface area contributed by atoms with Crippen LogP contribution in [0.5, 0.6) is 0 Å². The molecule has 0 aliphatic carbocycles. The fraction of sp³-hybridized carbons (Fsp3) is 0. The Morgan fingerprint density at radius 3 is 1.25 bits per heavy atom. The molecular formula is C36H22N4. The third kappa shape index (κ3) is 2.85. The highest BCUT2D eigenvalue weighted by Crippen LogP contribution is 2.36. The van der Waals surface area contributed by atoms with Crippen molar-refractivity contribution in [2.75, 3.05) is 0 Å². The Labute approximate surface area is 229 Å². The van der Waals surface area contributed by atoms with Crippen LogP contribution in [0.2, 0.25) is 0 Å². The Balaban J connectivity index is 1.33. The van der Waals surface area contributed by atoms with Crippen molar-refractivity contribution in [1.29, 1.82) is 0 Å². The van der Waals surface area contributed by atoms with Gasteiger partial charge in [0, 0.05) is 32.7 Å². The van der Waals surface area contributed by atoms with Crippen LogP contribution >= 0.6 is 0 Å². The molecule has 4 nitrogen and oxygen atoms in total. The quantitative estimate of drug-likeness (QED) is 0.218. The molecule has 9 aromatic rings. The van der Waals surface area contributed by atoms with Crippen LogP contribution in [0, 0.1) is 0 Å². The Morgan fingerprint density at radius 2 is 0.775 bits per heavy atom. The van der Waals surface area contributed by atoms with Crippen molar-refractivity contribution in [3.63, 3.8) is 0 Å². The molecule has 186 valence electrons. The average Bonchev–Trinajstić information content (AvgIpc) is 3.68. The predicted molar refractivity (Wildman–Crippen MR) is 165 cm³/mol. The lowest BCUT2D eigenvalue weighted by molar-refractivity contribution is 1.26. The fourth-order valence-electron chi connectivity index (χ4n) is 6.44. The molecule has 0 amide bonds. The molecule has 0 aliphatic rings. The van der Waals surface area contributed by atoms with E-state index in [0.717, 1.165) is 55.6 Å². The monoisotopic (exact) mass is 510 g/mol. The van der Waals surface area contributed by atoms with Crippen LogP contribution in [-0.4, -0.2) is 18.8 Å². The minimum Gasteiger partial charge on any atom is -0.292 e. The highest BCUT2D eigenvalue weighted by Gasteiger charge is 2.17. The first kappa shape index (κ1) is 21.5. The second kappa shape index (κ2) is 8.01. The minimum atomic E-state index is 0.974. The first-order valence-electron chi connectivity index (χ1n) is 13.5. The number of para-hydroxylation sites is 2. The van der Waals surface area contributed by atoms with E-state index in [4.69, 9.17) is 9.97 Å². The van der Waals surface area contributed by atoms with Crippen LogP contribution < -0.4 is 0 Å². The lowest BCUT2D eigenvalue weighted by Gasteiger charge is -2.12. The maximum Gasteiger partial charge on any atom is 0.145 e. The molecule has 0 spiro atoms. The smallest absolute Gasteiger partial charge is 0.145 e. The van der Waals surface area contributed by atoms with Crippen LogP contribution in [0.15, 0.2) is 134 Å². The van der Waals surface area contributed by atoms with E-state index in [1.165, 1.54) is 21.5 Å². The van der Waals surface area contributed by atoms with Gasteiger partial charge < -0.3 is 0 Å². The Morgan fingerprint density at radius 1 is 0.375 bits per heavy atom. The van der Waals surface area contributed by atoms with Crippen LogP contribution in [0.25, 0.3) is 77.2 Å². The number of benzene rings is 5. The number of aromatic nitrogens is 4. The topological polar surface area (TPSA) is 34.6 Å². The summed E-state index contributed by atoms with van der Waals surface area (Å²) in [6.45, 7) is 0. The molecule has 4 heteroatoms. The maximum atomic E-state index is 4.94. The second-order valence-electron chi connectivity index (χ2n) is 10.3. The minimum absolute atomic E-state index is 0.974. The van der Waals surface area contributed by atoms with Gasteiger partial charge >= 0.3 is 0 Å². The zero-order valence-electron chi connectivity index (χ0n) is 21.5. The van der Waals surface area contributed by atoms with Crippen molar-refractivity contribution in [2.45, 2.75) is 0 Å². The Kier molecular flexibility index (Phi) is 4.30. The number of fused-ring (bicyclic) bond motifs is 12. The van der Waals surface area contributed by atoms with Gasteiger partial charge in [0.25, 0.3) is 0 Å². The molecule has 4 heterocycles. The molecule has 0 unspecified atom stereocenters. The lowest BCUT2D eigenvalue weighted by atomic mass is 10.0. The van der Waals surface area contributed by atoms with Gasteiger partial charge in [-0.2, -0.15) is 0 Å². The van der Waals surface area contributed by atoms with E-state index in [-0.39, 0.29) is 0 Å². The molecule has 0 bridgehead atoms. The molecule has 0 N–H and O–H groups in total. The van der Waals surface area contributed by atoms with Crippen LogP contribution in [0.1, 0.15) is 0 Å². The van der Waals surface area contributed by atoms with Gasteiger partial charge in [0.2, 0.25) is 0 Å². The van der Waals surface area contributed by atoms with E-state index in [9.17, 15) is 0 Å². The van der Waals surface area contributed by atoms with Crippen molar-refractivity contribution in [2.24, 2.45) is 0 Å². The van der Waals surface area contributed by atoms with Crippen LogP contribution in [0.4, 0.5) is 0 Å². The molecule has 9 rings (SSSR count). The van der Waals surface area contributed by atoms with Gasteiger partial charge in [-0.1, -0.05) is 103 Å². The van der Waals surface area contributed by atoms with E-state index in [1.54, 1.807) is 0 Å². The molecule has 0 atom stereocenters. The maximum absolute atomic E-state index is 4.94. The van der Waals surface area contributed by atoms with E-state index in [2.05, 4.69) is 130 Å². The van der Waals surface area contributed by atoms with Gasteiger partial charge in [0.05, 0.1) is 34.8 Å². The summed E-state index contributed by atoms with van der Waals surface area (Å²) in [6.07, 6.45) is 4.01. The Bertz CT molecular complexity index is 2280. The molecule has 0 saturated carbocycles. The molecule has 4 aromatic heterocycles. The molecule has 5 aromatic carbocycles. The summed E-state index contributed by atoms with van der Waals surface area (Å²) >= 11 is 0. The van der Waals surface area contributed by atoms with Crippen LogP contribution in [-0.2, 0) is 0 Å². The van der Waals surface area contributed by atoms with Gasteiger partial charge in [-0.15, -0.1) is 0 Å².